The molecular formula is C29H35NO4S. The predicted octanol–water partition coefficient (Wildman–Crippen LogP) is 6.95. The molecule has 2 aliphatic heterocycles. The SMILES string of the molecule is CC.CC1CCCN1CCOc1ccc([C@@H]2Oc3ccc(O)cc3S[C@@H]2c2cccc(O)c2)cc1. The highest BCUT2D eigenvalue weighted by Gasteiger charge is 2.34. The van der Waals surface area contributed by atoms with Crippen LogP contribution in [0.4, 0.5) is 0 Å². The van der Waals surface area contributed by atoms with Gasteiger partial charge in [0.1, 0.15) is 35.7 Å². The van der Waals surface area contributed by atoms with Crippen LogP contribution in [-0.2, 0) is 0 Å². The molecule has 5 nitrogen and oxygen atoms in total. The summed E-state index contributed by atoms with van der Waals surface area (Å²) in [4.78, 5) is 3.37. The van der Waals surface area contributed by atoms with Crippen LogP contribution < -0.4 is 9.47 Å². The molecule has 186 valence electrons. The van der Waals surface area contributed by atoms with E-state index >= 15 is 0 Å². The normalized spacial score (nSPS) is 21.4. The summed E-state index contributed by atoms with van der Waals surface area (Å²) in [6.07, 6.45) is 2.31. The van der Waals surface area contributed by atoms with E-state index in [4.69, 9.17) is 9.47 Å². The Balaban J connectivity index is 0.00000141. The van der Waals surface area contributed by atoms with E-state index in [2.05, 4.69) is 24.0 Å². The van der Waals surface area contributed by atoms with Crippen molar-refractivity contribution in [3.63, 3.8) is 0 Å². The van der Waals surface area contributed by atoms with Crippen LogP contribution in [0.3, 0.4) is 0 Å². The maximum absolute atomic E-state index is 10.0. The van der Waals surface area contributed by atoms with Gasteiger partial charge in [0, 0.05) is 12.6 Å². The molecule has 5 rings (SSSR count). The van der Waals surface area contributed by atoms with Crippen molar-refractivity contribution in [1.29, 1.82) is 0 Å². The average Bonchev–Trinajstić information content (AvgIpc) is 3.29. The van der Waals surface area contributed by atoms with Crippen molar-refractivity contribution in [3.05, 3.63) is 77.9 Å². The summed E-state index contributed by atoms with van der Waals surface area (Å²) in [5.41, 5.74) is 2.01. The molecule has 1 saturated heterocycles. The molecule has 2 aliphatic rings. The second-order valence-corrected chi connectivity index (χ2v) is 9.93. The highest BCUT2D eigenvalue weighted by Crippen LogP contribution is 2.54. The number of nitrogens with zero attached hydrogens (tertiary/aromatic N) is 1. The highest BCUT2D eigenvalue weighted by atomic mass is 32.2. The Hall–Kier alpha value is -2.83. The minimum absolute atomic E-state index is 0.0742. The lowest BCUT2D eigenvalue weighted by molar-refractivity contribution is 0.190. The lowest BCUT2D eigenvalue weighted by atomic mass is 10.00. The van der Waals surface area contributed by atoms with Gasteiger partial charge in [-0.25, -0.2) is 0 Å². The van der Waals surface area contributed by atoms with Gasteiger partial charge in [-0.05, 0) is 79.9 Å². The maximum atomic E-state index is 10.0. The Bertz CT molecular complexity index is 1100. The van der Waals surface area contributed by atoms with E-state index in [9.17, 15) is 10.2 Å². The van der Waals surface area contributed by atoms with Gasteiger partial charge in [0.05, 0.1) is 10.1 Å². The lowest BCUT2D eigenvalue weighted by Gasteiger charge is -2.34. The number of rotatable bonds is 6. The van der Waals surface area contributed by atoms with Crippen LogP contribution >= 0.6 is 11.8 Å². The predicted molar refractivity (Wildman–Crippen MR) is 142 cm³/mol. The number of aromatic hydroxyl groups is 2. The second-order valence-electron chi connectivity index (χ2n) is 8.75. The number of likely N-dealkylation sites (tertiary alicyclic amines) is 1. The largest absolute Gasteiger partial charge is 0.508 e. The first-order valence-corrected chi connectivity index (χ1v) is 13.4. The zero-order valence-corrected chi connectivity index (χ0v) is 21.5. The van der Waals surface area contributed by atoms with Gasteiger partial charge in [-0.15, -0.1) is 11.8 Å². The number of ether oxygens (including phenoxy) is 2. The molecule has 0 radical (unpaired) electrons. The molecule has 6 heteroatoms. The van der Waals surface area contributed by atoms with Crippen LogP contribution in [0.15, 0.2) is 71.6 Å². The summed E-state index contributed by atoms with van der Waals surface area (Å²) in [7, 11) is 0. The smallest absolute Gasteiger partial charge is 0.140 e. The second kappa shape index (κ2) is 11.7. The third-order valence-electron chi connectivity index (χ3n) is 6.46. The standard InChI is InChI=1S/C27H29NO4S.C2H6/c1-18-4-3-13-28(18)14-15-31-23-10-7-19(8-11-23)26-27(20-5-2-6-21(29)16-20)33-25-17-22(30)9-12-24(25)32-26;1-2/h2,5-12,16-18,26-27,29-30H,3-4,13-15H2,1H3;1-2H3/t18?,26-,27+;/m0./s1. The van der Waals surface area contributed by atoms with Gasteiger partial charge in [-0.2, -0.15) is 0 Å². The van der Waals surface area contributed by atoms with E-state index in [0.717, 1.165) is 40.6 Å². The molecule has 0 bridgehead atoms. The zero-order valence-electron chi connectivity index (χ0n) is 20.7. The number of hydrogen-bond donors (Lipinski definition) is 2. The molecule has 35 heavy (non-hydrogen) atoms. The van der Waals surface area contributed by atoms with E-state index in [-0.39, 0.29) is 22.9 Å². The van der Waals surface area contributed by atoms with Gasteiger partial charge >= 0.3 is 0 Å². The van der Waals surface area contributed by atoms with Crippen molar-refractivity contribution >= 4 is 11.8 Å². The molecule has 2 heterocycles. The quantitative estimate of drug-likeness (QED) is 0.387. The Morgan fingerprint density at radius 2 is 1.74 bits per heavy atom. The van der Waals surface area contributed by atoms with Crippen molar-refractivity contribution in [2.24, 2.45) is 0 Å². The fraction of sp³-hybridized carbons (Fsp3) is 0.379. The summed E-state index contributed by atoms with van der Waals surface area (Å²) < 4.78 is 12.4. The van der Waals surface area contributed by atoms with Crippen molar-refractivity contribution in [1.82, 2.24) is 4.90 Å². The Morgan fingerprint density at radius 1 is 0.971 bits per heavy atom. The van der Waals surface area contributed by atoms with Crippen LogP contribution in [0, 0.1) is 0 Å². The molecule has 0 spiro atoms. The summed E-state index contributed by atoms with van der Waals surface area (Å²) >= 11 is 1.64. The highest BCUT2D eigenvalue weighted by molar-refractivity contribution is 7.99. The van der Waals surface area contributed by atoms with E-state index in [1.807, 2.05) is 38.1 Å². The van der Waals surface area contributed by atoms with Gasteiger partial charge in [-0.1, -0.05) is 38.1 Å². The third kappa shape index (κ3) is 6.06. The summed E-state index contributed by atoms with van der Waals surface area (Å²) in [6, 6.07) is 21.2. The van der Waals surface area contributed by atoms with Gasteiger partial charge in [0.15, 0.2) is 0 Å². The van der Waals surface area contributed by atoms with Crippen LogP contribution in [-0.4, -0.2) is 40.9 Å². The summed E-state index contributed by atoms with van der Waals surface area (Å²) in [5.74, 6) is 2.04. The van der Waals surface area contributed by atoms with Crippen molar-refractivity contribution in [2.45, 2.75) is 55.9 Å². The third-order valence-corrected chi connectivity index (χ3v) is 7.80. The first-order chi connectivity index (χ1) is 17.1. The number of phenols is 2. The average molecular weight is 494 g/mol. The molecule has 3 aromatic carbocycles. The number of hydrogen-bond acceptors (Lipinski definition) is 6. The number of phenolic OH excluding ortho intramolecular Hbond substituents is 2. The molecule has 0 saturated carbocycles. The number of benzene rings is 3. The molecule has 2 N–H and O–H groups in total. The van der Waals surface area contributed by atoms with Gasteiger partial charge in [-0.3, -0.25) is 4.90 Å². The van der Waals surface area contributed by atoms with E-state index < -0.39 is 0 Å². The van der Waals surface area contributed by atoms with E-state index in [1.165, 1.54) is 12.8 Å². The summed E-state index contributed by atoms with van der Waals surface area (Å²) in [5, 5.41) is 19.9. The minimum Gasteiger partial charge on any atom is -0.508 e. The first kappa shape index (κ1) is 25.3. The van der Waals surface area contributed by atoms with Crippen LogP contribution in [0.25, 0.3) is 0 Å². The molecule has 0 amide bonds. The molecule has 1 fully saturated rings. The Kier molecular flexibility index (Phi) is 8.47. The Morgan fingerprint density at radius 3 is 2.46 bits per heavy atom. The fourth-order valence-electron chi connectivity index (χ4n) is 4.63. The molecule has 3 atom stereocenters. The number of thioether (sulfide) groups is 1. The monoisotopic (exact) mass is 493 g/mol. The molecular weight excluding hydrogens is 458 g/mol. The van der Waals surface area contributed by atoms with E-state index in [0.29, 0.717) is 12.6 Å². The van der Waals surface area contributed by atoms with E-state index in [1.54, 1.807) is 42.1 Å². The van der Waals surface area contributed by atoms with Gasteiger partial charge in [0.2, 0.25) is 0 Å². The maximum Gasteiger partial charge on any atom is 0.140 e. The van der Waals surface area contributed by atoms with Crippen molar-refractivity contribution in [3.8, 4) is 23.0 Å². The summed E-state index contributed by atoms with van der Waals surface area (Å²) in [6.45, 7) is 9.08. The lowest BCUT2D eigenvalue weighted by Crippen LogP contribution is -2.31. The minimum atomic E-state index is -0.242. The Labute approximate surface area is 212 Å². The first-order valence-electron chi connectivity index (χ1n) is 12.5. The molecule has 3 aromatic rings. The molecule has 0 aliphatic carbocycles. The van der Waals surface area contributed by atoms with Crippen LogP contribution in [0.2, 0.25) is 0 Å². The van der Waals surface area contributed by atoms with Gasteiger partial charge in [0.25, 0.3) is 0 Å². The topological polar surface area (TPSA) is 62.2 Å². The molecule has 0 aromatic heterocycles. The van der Waals surface area contributed by atoms with Crippen molar-refractivity contribution in [2.75, 3.05) is 19.7 Å². The van der Waals surface area contributed by atoms with Gasteiger partial charge < -0.3 is 19.7 Å². The van der Waals surface area contributed by atoms with Crippen LogP contribution in [0.5, 0.6) is 23.0 Å². The fourth-order valence-corrected chi connectivity index (χ4v) is 5.94. The van der Waals surface area contributed by atoms with Crippen LogP contribution in [0.1, 0.15) is 56.1 Å². The number of fused-ring (bicyclic) bond motifs is 1. The zero-order chi connectivity index (χ0) is 24.8. The van der Waals surface area contributed by atoms with Crippen molar-refractivity contribution < 1.29 is 19.7 Å². The molecule has 1 unspecified atom stereocenters.